The van der Waals surface area contributed by atoms with Gasteiger partial charge in [0.2, 0.25) is 0 Å². The highest BCUT2D eigenvalue weighted by Gasteiger charge is 2.24. The van der Waals surface area contributed by atoms with Crippen LogP contribution in [0.3, 0.4) is 0 Å². The molecule has 0 unspecified atom stereocenters. The van der Waals surface area contributed by atoms with E-state index in [0.29, 0.717) is 0 Å². The van der Waals surface area contributed by atoms with Crippen LogP contribution in [-0.4, -0.2) is 29.2 Å². The van der Waals surface area contributed by atoms with Crippen LogP contribution in [0.25, 0.3) is 0 Å². The fourth-order valence-electron chi connectivity index (χ4n) is 1.16. The first-order valence-corrected chi connectivity index (χ1v) is 6.11. The monoisotopic (exact) mass is 259 g/mol. The van der Waals surface area contributed by atoms with E-state index in [1.807, 2.05) is 0 Å². The van der Waals surface area contributed by atoms with E-state index in [2.05, 4.69) is 0 Å². The second-order valence-electron chi connectivity index (χ2n) is 6.27. The van der Waals surface area contributed by atoms with Crippen LogP contribution in [0.15, 0.2) is 0 Å². The maximum atomic E-state index is 11.6. The van der Waals surface area contributed by atoms with Crippen molar-refractivity contribution in [2.45, 2.75) is 71.6 Å². The van der Waals surface area contributed by atoms with Gasteiger partial charge >= 0.3 is 11.9 Å². The van der Waals surface area contributed by atoms with Crippen molar-refractivity contribution in [3.8, 4) is 0 Å². The fourth-order valence-corrected chi connectivity index (χ4v) is 1.16. The number of nitrogens with two attached hydrogens (primary N) is 1. The molecule has 0 aliphatic heterocycles. The number of esters is 2. The van der Waals surface area contributed by atoms with Crippen molar-refractivity contribution in [1.29, 1.82) is 0 Å². The summed E-state index contributed by atoms with van der Waals surface area (Å²) in [6, 6.07) is -0.795. The summed E-state index contributed by atoms with van der Waals surface area (Å²) in [6.07, 6.45) is 0.335. The Morgan fingerprint density at radius 2 is 1.44 bits per heavy atom. The van der Waals surface area contributed by atoms with Crippen LogP contribution in [-0.2, 0) is 19.1 Å². The van der Waals surface area contributed by atoms with Crippen LogP contribution in [0, 0.1) is 0 Å². The van der Waals surface area contributed by atoms with Gasteiger partial charge in [0.1, 0.15) is 17.2 Å². The average molecular weight is 259 g/mol. The minimum Gasteiger partial charge on any atom is -0.460 e. The topological polar surface area (TPSA) is 78.6 Å². The first-order chi connectivity index (χ1) is 7.91. The van der Waals surface area contributed by atoms with Crippen molar-refractivity contribution in [3.05, 3.63) is 0 Å². The summed E-state index contributed by atoms with van der Waals surface area (Å²) in [5.74, 6) is -0.854. The minimum atomic E-state index is -0.795. The van der Waals surface area contributed by atoms with Crippen molar-refractivity contribution < 1.29 is 19.1 Å². The SMILES string of the molecule is CC(C)(C)OC(=O)CC[C@@H](N)C(=O)OC(C)(C)C. The third kappa shape index (κ3) is 8.98. The molecule has 0 aliphatic rings. The molecule has 0 heterocycles. The average Bonchev–Trinajstić information content (AvgIpc) is 2.08. The molecule has 18 heavy (non-hydrogen) atoms. The molecule has 0 spiro atoms. The highest BCUT2D eigenvalue weighted by Crippen LogP contribution is 2.12. The van der Waals surface area contributed by atoms with Gasteiger partial charge in [0.25, 0.3) is 0 Å². The van der Waals surface area contributed by atoms with Crippen molar-refractivity contribution in [3.63, 3.8) is 0 Å². The summed E-state index contributed by atoms with van der Waals surface area (Å²) in [5, 5.41) is 0. The molecule has 0 fully saturated rings. The lowest BCUT2D eigenvalue weighted by Crippen LogP contribution is -2.38. The van der Waals surface area contributed by atoms with E-state index >= 15 is 0 Å². The van der Waals surface area contributed by atoms with Gasteiger partial charge in [-0.1, -0.05) is 0 Å². The maximum absolute atomic E-state index is 11.6. The third-order valence-electron chi connectivity index (χ3n) is 1.79. The van der Waals surface area contributed by atoms with Crippen LogP contribution in [0.4, 0.5) is 0 Å². The summed E-state index contributed by atoms with van der Waals surface area (Å²) in [4.78, 5) is 23.0. The molecule has 0 amide bonds. The van der Waals surface area contributed by atoms with E-state index in [9.17, 15) is 9.59 Å². The molecule has 2 N–H and O–H groups in total. The van der Waals surface area contributed by atoms with E-state index in [1.54, 1.807) is 41.5 Å². The summed E-state index contributed by atoms with van der Waals surface area (Å²) in [5.41, 5.74) is 4.56. The highest BCUT2D eigenvalue weighted by atomic mass is 16.6. The van der Waals surface area contributed by atoms with Crippen molar-refractivity contribution in [2.75, 3.05) is 0 Å². The molecule has 0 aliphatic carbocycles. The van der Waals surface area contributed by atoms with Crippen molar-refractivity contribution in [2.24, 2.45) is 5.73 Å². The molecule has 106 valence electrons. The summed E-state index contributed by atoms with van der Waals surface area (Å²) in [6.45, 7) is 10.7. The van der Waals surface area contributed by atoms with E-state index in [4.69, 9.17) is 15.2 Å². The Bertz CT molecular complexity index is 299. The number of carbonyl (C=O) groups is 2. The lowest BCUT2D eigenvalue weighted by Gasteiger charge is -2.22. The van der Waals surface area contributed by atoms with Crippen LogP contribution in [0.2, 0.25) is 0 Å². The van der Waals surface area contributed by atoms with Gasteiger partial charge < -0.3 is 15.2 Å². The van der Waals surface area contributed by atoms with Crippen LogP contribution < -0.4 is 5.73 Å². The molecule has 0 saturated carbocycles. The van der Waals surface area contributed by atoms with Gasteiger partial charge in [-0.3, -0.25) is 9.59 Å². The molecular weight excluding hydrogens is 234 g/mol. The molecule has 0 saturated heterocycles. The van der Waals surface area contributed by atoms with E-state index in [0.717, 1.165) is 0 Å². The summed E-state index contributed by atoms with van der Waals surface area (Å²) >= 11 is 0. The number of hydrogen-bond donors (Lipinski definition) is 1. The van der Waals surface area contributed by atoms with Gasteiger partial charge in [-0.25, -0.2) is 0 Å². The van der Waals surface area contributed by atoms with Gasteiger partial charge in [0.05, 0.1) is 0 Å². The summed E-state index contributed by atoms with van der Waals surface area (Å²) < 4.78 is 10.2. The predicted molar refractivity (Wildman–Crippen MR) is 68.9 cm³/mol. The molecular formula is C13H25NO4. The predicted octanol–water partition coefficient (Wildman–Crippen LogP) is 1.78. The first kappa shape index (κ1) is 16.9. The van der Waals surface area contributed by atoms with Gasteiger partial charge in [-0.05, 0) is 48.0 Å². The quantitative estimate of drug-likeness (QED) is 0.778. The van der Waals surface area contributed by atoms with Gasteiger partial charge in [-0.2, -0.15) is 0 Å². The van der Waals surface area contributed by atoms with Gasteiger partial charge in [0, 0.05) is 6.42 Å². The fraction of sp³-hybridized carbons (Fsp3) is 0.846. The van der Waals surface area contributed by atoms with Crippen LogP contribution in [0.1, 0.15) is 54.4 Å². The lowest BCUT2D eigenvalue weighted by atomic mass is 10.1. The molecule has 0 aromatic carbocycles. The minimum absolute atomic E-state index is 0.109. The molecule has 5 nitrogen and oxygen atoms in total. The van der Waals surface area contributed by atoms with E-state index < -0.39 is 23.2 Å². The Morgan fingerprint density at radius 3 is 1.83 bits per heavy atom. The maximum Gasteiger partial charge on any atom is 0.323 e. The molecule has 1 atom stereocenters. The second kappa shape index (κ2) is 6.18. The highest BCUT2D eigenvalue weighted by molar-refractivity contribution is 5.77. The molecule has 0 rings (SSSR count). The molecule has 0 aromatic rings. The zero-order valence-electron chi connectivity index (χ0n) is 12.2. The van der Waals surface area contributed by atoms with Crippen molar-refractivity contribution in [1.82, 2.24) is 0 Å². The zero-order chi connectivity index (χ0) is 14.6. The Morgan fingerprint density at radius 1 is 1.00 bits per heavy atom. The zero-order valence-corrected chi connectivity index (χ0v) is 12.2. The number of ether oxygens (including phenoxy) is 2. The Kier molecular flexibility index (Phi) is 5.80. The number of hydrogen-bond acceptors (Lipinski definition) is 5. The number of carbonyl (C=O) groups excluding carboxylic acids is 2. The molecule has 0 radical (unpaired) electrons. The van der Waals surface area contributed by atoms with Gasteiger partial charge in [0.15, 0.2) is 0 Å². The largest absolute Gasteiger partial charge is 0.460 e. The number of rotatable bonds is 4. The second-order valence-corrected chi connectivity index (χ2v) is 6.27. The third-order valence-corrected chi connectivity index (χ3v) is 1.79. The van der Waals surface area contributed by atoms with Gasteiger partial charge in [-0.15, -0.1) is 0 Å². The van der Waals surface area contributed by atoms with Crippen molar-refractivity contribution >= 4 is 11.9 Å². The standard InChI is InChI=1S/C13H25NO4/c1-12(2,3)17-10(15)8-7-9(14)11(16)18-13(4,5)6/h9H,7-8,14H2,1-6H3/t9-/m1/s1. The lowest BCUT2D eigenvalue weighted by molar-refractivity contribution is -0.157. The van der Waals surface area contributed by atoms with E-state index in [-0.39, 0.29) is 18.8 Å². The Hall–Kier alpha value is -1.10. The molecule has 5 heteroatoms. The Labute approximate surface area is 109 Å². The smallest absolute Gasteiger partial charge is 0.323 e. The molecule has 0 aromatic heterocycles. The normalized spacial score (nSPS) is 13.9. The van der Waals surface area contributed by atoms with E-state index in [1.165, 1.54) is 0 Å². The van der Waals surface area contributed by atoms with Crippen LogP contribution >= 0.6 is 0 Å². The van der Waals surface area contributed by atoms with Crippen LogP contribution in [0.5, 0.6) is 0 Å². The summed E-state index contributed by atoms with van der Waals surface area (Å²) in [7, 11) is 0. The molecule has 0 bridgehead atoms. The first-order valence-electron chi connectivity index (χ1n) is 6.11. The Balaban J connectivity index is 4.07.